The van der Waals surface area contributed by atoms with Gasteiger partial charge in [0.05, 0.1) is 28.8 Å². The smallest absolute Gasteiger partial charge is 0.271 e. The maximum atomic E-state index is 12.9. The van der Waals surface area contributed by atoms with Crippen LogP contribution in [0.3, 0.4) is 0 Å². The van der Waals surface area contributed by atoms with Crippen LogP contribution in [0.25, 0.3) is 17.4 Å². The molecule has 2 N–H and O–H groups in total. The summed E-state index contributed by atoms with van der Waals surface area (Å²) in [5, 5.41) is 10.6. The molecule has 2 aromatic carbocycles. The number of amidine groups is 1. The predicted octanol–water partition coefficient (Wildman–Crippen LogP) is 3.89. The van der Waals surface area contributed by atoms with Gasteiger partial charge in [-0.1, -0.05) is 6.07 Å². The van der Waals surface area contributed by atoms with Crippen molar-refractivity contribution in [3.63, 3.8) is 0 Å². The van der Waals surface area contributed by atoms with Crippen molar-refractivity contribution < 1.29 is 23.5 Å². The van der Waals surface area contributed by atoms with E-state index in [1.807, 2.05) is 0 Å². The van der Waals surface area contributed by atoms with Crippen molar-refractivity contribution in [1.82, 2.24) is 5.32 Å². The van der Waals surface area contributed by atoms with Gasteiger partial charge < -0.3 is 9.15 Å². The molecular formula is C23H15N3O5S. The molecule has 2 aliphatic heterocycles. The van der Waals surface area contributed by atoms with E-state index in [-0.39, 0.29) is 11.1 Å². The number of fused-ring (bicyclic) bond motifs is 1. The molecule has 3 heterocycles. The number of carbonyl (C=O) groups excluding carboxylic acids is 3. The lowest BCUT2D eigenvalue weighted by molar-refractivity contribution is -0.113. The van der Waals surface area contributed by atoms with E-state index in [9.17, 15) is 14.4 Å². The van der Waals surface area contributed by atoms with E-state index in [1.165, 1.54) is 4.90 Å². The average Bonchev–Trinajstić information content (AvgIpc) is 3.45. The van der Waals surface area contributed by atoms with Crippen LogP contribution in [0.1, 0.15) is 26.5 Å². The molecule has 3 amide bonds. The summed E-state index contributed by atoms with van der Waals surface area (Å²) >= 11 is 1.04. The number of ether oxygens (including phenoxy) is 1. The molecule has 3 aromatic rings. The van der Waals surface area contributed by atoms with Crippen molar-refractivity contribution in [3.05, 3.63) is 76.4 Å². The summed E-state index contributed by atoms with van der Waals surface area (Å²) in [4.78, 5) is 38.2. The van der Waals surface area contributed by atoms with Crippen LogP contribution in [-0.2, 0) is 4.79 Å². The molecule has 0 atom stereocenters. The second-order valence-electron chi connectivity index (χ2n) is 7.00. The van der Waals surface area contributed by atoms with Gasteiger partial charge in [0.1, 0.15) is 17.3 Å². The Bertz CT molecular complexity index is 1340. The Hall–Kier alpha value is -4.11. The molecule has 9 heteroatoms. The molecule has 5 rings (SSSR count). The number of furan rings is 1. The van der Waals surface area contributed by atoms with E-state index in [4.69, 9.17) is 14.6 Å². The van der Waals surface area contributed by atoms with Crippen molar-refractivity contribution in [2.24, 2.45) is 0 Å². The highest BCUT2D eigenvalue weighted by molar-refractivity contribution is 8.19. The van der Waals surface area contributed by atoms with Crippen molar-refractivity contribution >= 4 is 46.4 Å². The fourth-order valence-corrected chi connectivity index (χ4v) is 4.33. The van der Waals surface area contributed by atoms with E-state index >= 15 is 0 Å². The Morgan fingerprint density at radius 1 is 1.00 bits per heavy atom. The quantitative estimate of drug-likeness (QED) is 0.465. The maximum Gasteiger partial charge on any atom is 0.271 e. The van der Waals surface area contributed by atoms with Crippen molar-refractivity contribution in [2.75, 3.05) is 12.0 Å². The molecule has 0 spiro atoms. The summed E-state index contributed by atoms with van der Waals surface area (Å²) in [6.07, 6.45) is 1.58. The van der Waals surface area contributed by atoms with Gasteiger partial charge in [-0.05, 0) is 60.3 Å². The van der Waals surface area contributed by atoms with Crippen LogP contribution in [0.5, 0.6) is 5.75 Å². The normalized spacial score (nSPS) is 16.7. The Labute approximate surface area is 186 Å². The molecule has 1 aromatic heterocycles. The first kappa shape index (κ1) is 19.8. The fourth-order valence-electron chi connectivity index (χ4n) is 3.49. The molecule has 0 bridgehead atoms. The molecule has 158 valence electrons. The molecule has 32 heavy (non-hydrogen) atoms. The van der Waals surface area contributed by atoms with Crippen molar-refractivity contribution in [3.8, 4) is 17.1 Å². The zero-order valence-corrected chi connectivity index (χ0v) is 17.5. The van der Waals surface area contributed by atoms with Gasteiger partial charge in [-0.25, -0.2) is 0 Å². The van der Waals surface area contributed by atoms with Crippen LogP contribution in [0.2, 0.25) is 0 Å². The summed E-state index contributed by atoms with van der Waals surface area (Å²) < 4.78 is 11.0. The SMILES string of the molecule is COc1ccc(N2C(=N)S/C(=C\c3ccc(-c4ccc5c(c4)C(=O)NC5=O)o3)C2=O)cc1. The minimum absolute atomic E-state index is 0.0903. The zero-order valence-electron chi connectivity index (χ0n) is 16.7. The van der Waals surface area contributed by atoms with E-state index in [0.717, 1.165) is 11.8 Å². The molecule has 1 saturated heterocycles. The number of carbonyl (C=O) groups is 3. The van der Waals surface area contributed by atoms with Crippen LogP contribution >= 0.6 is 11.8 Å². The highest BCUT2D eigenvalue weighted by atomic mass is 32.2. The summed E-state index contributed by atoms with van der Waals surface area (Å²) in [5.74, 6) is 0.404. The van der Waals surface area contributed by atoms with E-state index in [2.05, 4.69) is 5.32 Å². The number of methoxy groups -OCH3 is 1. The van der Waals surface area contributed by atoms with Crippen LogP contribution in [0.15, 0.2) is 63.9 Å². The number of thioether (sulfide) groups is 1. The van der Waals surface area contributed by atoms with Crippen LogP contribution < -0.4 is 15.0 Å². The number of amides is 3. The topological polar surface area (TPSA) is 113 Å². The van der Waals surface area contributed by atoms with E-state index < -0.39 is 11.8 Å². The first-order valence-electron chi connectivity index (χ1n) is 9.51. The Morgan fingerprint density at radius 3 is 2.50 bits per heavy atom. The van der Waals surface area contributed by atoms with Gasteiger partial charge >= 0.3 is 0 Å². The fraction of sp³-hybridized carbons (Fsp3) is 0.0435. The van der Waals surface area contributed by atoms with Crippen molar-refractivity contribution in [2.45, 2.75) is 0 Å². The number of imide groups is 1. The van der Waals surface area contributed by atoms with Gasteiger partial charge in [-0.15, -0.1) is 0 Å². The number of anilines is 1. The van der Waals surface area contributed by atoms with E-state index in [1.54, 1.807) is 67.8 Å². The third-order valence-electron chi connectivity index (χ3n) is 5.07. The number of nitrogens with zero attached hydrogens (tertiary/aromatic N) is 1. The summed E-state index contributed by atoms with van der Waals surface area (Å²) in [7, 11) is 1.56. The van der Waals surface area contributed by atoms with Gasteiger partial charge in [0.2, 0.25) is 0 Å². The maximum absolute atomic E-state index is 12.9. The third-order valence-corrected chi connectivity index (χ3v) is 5.96. The lowest BCUT2D eigenvalue weighted by Gasteiger charge is -2.14. The number of hydrogen-bond acceptors (Lipinski definition) is 7. The first-order chi connectivity index (χ1) is 15.4. The Morgan fingerprint density at radius 2 is 1.75 bits per heavy atom. The predicted molar refractivity (Wildman–Crippen MR) is 120 cm³/mol. The Balaban J connectivity index is 1.40. The zero-order chi connectivity index (χ0) is 22.4. The average molecular weight is 445 g/mol. The molecule has 0 unspecified atom stereocenters. The van der Waals surface area contributed by atoms with Gasteiger partial charge in [-0.2, -0.15) is 0 Å². The summed E-state index contributed by atoms with van der Waals surface area (Å²) in [6.45, 7) is 0. The van der Waals surface area contributed by atoms with Gasteiger partial charge in [0.25, 0.3) is 17.7 Å². The standard InChI is InChI=1S/C23H15N3O5S/c1-30-14-5-3-13(4-6-14)26-22(29)19(32-23(26)24)11-15-7-9-18(31-15)12-2-8-16-17(10-12)21(28)25-20(16)27/h2-11,24H,1H3,(H,25,27,28)/b19-11-,24-23?. The highest BCUT2D eigenvalue weighted by Gasteiger charge is 2.34. The molecule has 8 nitrogen and oxygen atoms in total. The van der Waals surface area contributed by atoms with Gasteiger partial charge in [0.15, 0.2) is 5.17 Å². The summed E-state index contributed by atoms with van der Waals surface area (Å²) in [6, 6.07) is 15.2. The second kappa shape index (κ2) is 7.54. The molecule has 1 fully saturated rings. The largest absolute Gasteiger partial charge is 0.497 e. The van der Waals surface area contributed by atoms with Gasteiger partial charge in [-0.3, -0.25) is 30.0 Å². The first-order valence-corrected chi connectivity index (χ1v) is 10.3. The molecular weight excluding hydrogens is 430 g/mol. The third kappa shape index (κ3) is 3.28. The number of benzene rings is 2. The highest BCUT2D eigenvalue weighted by Crippen LogP contribution is 2.36. The number of rotatable bonds is 4. The van der Waals surface area contributed by atoms with Crippen LogP contribution in [-0.4, -0.2) is 30.0 Å². The lowest BCUT2D eigenvalue weighted by atomic mass is 10.0. The van der Waals surface area contributed by atoms with Crippen molar-refractivity contribution in [1.29, 1.82) is 5.41 Å². The minimum Gasteiger partial charge on any atom is -0.497 e. The van der Waals surface area contributed by atoms with Crippen LogP contribution in [0.4, 0.5) is 5.69 Å². The number of hydrogen-bond donors (Lipinski definition) is 2. The Kier molecular flexibility index (Phi) is 4.67. The second-order valence-corrected chi connectivity index (χ2v) is 8.03. The number of nitrogens with one attached hydrogen (secondary N) is 2. The summed E-state index contributed by atoms with van der Waals surface area (Å²) in [5.41, 5.74) is 1.84. The molecule has 2 aliphatic rings. The van der Waals surface area contributed by atoms with Gasteiger partial charge in [0, 0.05) is 11.6 Å². The molecule has 0 aliphatic carbocycles. The van der Waals surface area contributed by atoms with Crippen LogP contribution in [0, 0.1) is 5.41 Å². The minimum atomic E-state index is -0.439. The lowest BCUT2D eigenvalue weighted by Crippen LogP contribution is -2.27. The molecule has 0 saturated carbocycles. The monoisotopic (exact) mass is 445 g/mol. The van der Waals surface area contributed by atoms with E-state index in [0.29, 0.717) is 44.6 Å². The molecule has 0 radical (unpaired) electrons.